The lowest BCUT2D eigenvalue weighted by Gasteiger charge is -2.24. The van der Waals surface area contributed by atoms with E-state index in [1.165, 1.54) is 6.92 Å². The normalized spacial score (nSPS) is 15.4. The van der Waals surface area contributed by atoms with Gasteiger partial charge in [-0.05, 0) is 25.7 Å². The van der Waals surface area contributed by atoms with Crippen LogP contribution in [0, 0.1) is 5.92 Å². The summed E-state index contributed by atoms with van der Waals surface area (Å²) in [7, 11) is 0. The van der Waals surface area contributed by atoms with Crippen LogP contribution in [0.4, 0.5) is 0 Å². The van der Waals surface area contributed by atoms with Crippen molar-refractivity contribution in [2.45, 2.75) is 77.0 Å². The molecule has 13 heteroatoms. The molecule has 10 N–H and O–H groups in total. The van der Waals surface area contributed by atoms with Gasteiger partial charge in [0, 0.05) is 12.8 Å². The molecule has 5 amide bonds. The molecule has 0 radical (unpaired) electrons. The van der Waals surface area contributed by atoms with Crippen molar-refractivity contribution in [1.29, 1.82) is 0 Å². The number of hydrogen-bond donors (Lipinski definition) is 7. The van der Waals surface area contributed by atoms with Crippen LogP contribution in [0.15, 0.2) is 0 Å². The molecule has 0 aliphatic heterocycles. The van der Waals surface area contributed by atoms with Crippen LogP contribution < -0.4 is 33.2 Å². The maximum absolute atomic E-state index is 12.6. The van der Waals surface area contributed by atoms with Gasteiger partial charge in [0.05, 0.1) is 6.04 Å². The van der Waals surface area contributed by atoms with Gasteiger partial charge in [0.2, 0.25) is 29.5 Å². The fourth-order valence-electron chi connectivity index (χ4n) is 2.60. The van der Waals surface area contributed by atoms with E-state index in [1.54, 1.807) is 13.8 Å². The molecule has 0 aromatic rings. The van der Waals surface area contributed by atoms with Crippen molar-refractivity contribution in [2.75, 3.05) is 0 Å². The fourth-order valence-corrected chi connectivity index (χ4v) is 2.60. The quantitative estimate of drug-likeness (QED) is 0.137. The minimum absolute atomic E-state index is 0.0453. The standard InChI is InChI=1S/C19H34N6O7/c1-4-9(2)15(19(31)32)25-16(28)10(3)23-18(30)12(6-8-14(22)27)24-17(29)11(20)5-7-13(21)26/h9-12,15H,4-8,20H2,1-3H3,(H2,21,26)(H2,22,27)(H,23,30)(H,24,29)(H,25,28)(H,31,32). The number of carboxylic acid groups (broad SMARTS) is 1. The number of carbonyl (C=O) groups is 6. The monoisotopic (exact) mass is 458 g/mol. The zero-order valence-corrected chi connectivity index (χ0v) is 18.6. The summed E-state index contributed by atoms with van der Waals surface area (Å²) >= 11 is 0. The first-order valence-corrected chi connectivity index (χ1v) is 10.3. The average molecular weight is 459 g/mol. The van der Waals surface area contributed by atoms with Crippen LogP contribution in [-0.2, 0) is 28.8 Å². The highest BCUT2D eigenvalue weighted by molar-refractivity contribution is 5.94. The van der Waals surface area contributed by atoms with Crippen molar-refractivity contribution in [3.63, 3.8) is 0 Å². The van der Waals surface area contributed by atoms with Crippen LogP contribution in [0.3, 0.4) is 0 Å². The van der Waals surface area contributed by atoms with Crippen LogP contribution in [0.2, 0.25) is 0 Å². The second kappa shape index (κ2) is 14.0. The Kier molecular flexibility index (Phi) is 12.6. The summed E-state index contributed by atoms with van der Waals surface area (Å²) in [6, 6.07) is -4.64. The number of hydrogen-bond acceptors (Lipinski definition) is 7. The van der Waals surface area contributed by atoms with E-state index in [9.17, 15) is 33.9 Å². The number of primary amides is 2. The molecule has 0 fully saturated rings. The van der Waals surface area contributed by atoms with Crippen molar-refractivity contribution >= 4 is 35.5 Å². The predicted octanol–water partition coefficient (Wildman–Crippen LogP) is -2.55. The smallest absolute Gasteiger partial charge is 0.326 e. The largest absolute Gasteiger partial charge is 0.480 e. The molecule has 182 valence electrons. The van der Waals surface area contributed by atoms with E-state index in [0.717, 1.165) is 0 Å². The van der Waals surface area contributed by atoms with Crippen molar-refractivity contribution in [3.05, 3.63) is 0 Å². The Morgan fingerprint density at radius 3 is 1.81 bits per heavy atom. The minimum Gasteiger partial charge on any atom is -0.480 e. The van der Waals surface area contributed by atoms with Crippen LogP contribution in [0.1, 0.15) is 52.9 Å². The lowest BCUT2D eigenvalue weighted by Crippen LogP contribution is -2.57. The van der Waals surface area contributed by atoms with Crippen LogP contribution in [0.5, 0.6) is 0 Å². The van der Waals surface area contributed by atoms with Crippen molar-refractivity contribution in [1.82, 2.24) is 16.0 Å². The third kappa shape index (κ3) is 10.7. The predicted molar refractivity (Wildman–Crippen MR) is 113 cm³/mol. The molecule has 0 saturated heterocycles. The first-order valence-electron chi connectivity index (χ1n) is 10.3. The van der Waals surface area contributed by atoms with Crippen molar-refractivity contribution < 1.29 is 33.9 Å². The zero-order chi connectivity index (χ0) is 25.0. The van der Waals surface area contributed by atoms with E-state index in [4.69, 9.17) is 17.2 Å². The number of nitrogens with one attached hydrogen (secondary N) is 3. The van der Waals surface area contributed by atoms with Crippen molar-refractivity contribution in [2.24, 2.45) is 23.1 Å². The second-order valence-corrected chi connectivity index (χ2v) is 7.62. The van der Waals surface area contributed by atoms with Gasteiger partial charge in [-0.2, -0.15) is 0 Å². The number of amides is 5. The van der Waals surface area contributed by atoms with E-state index < -0.39 is 59.7 Å². The van der Waals surface area contributed by atoms with Gasteiger partial charge in [-0.3, -0.25) is 24.0 Å². The summed E-state index contributed by atoms with van der Waals surface area (Å²) in [4.78, 5) is 70.6. The molecule has 0 aromatic heterocycles. The fraction of sp³-hybridized carbons (Fsp3) is 0.684. The Hall–Kier alpha value is -3.22. The number of rotatable bonds is 15. The Morgan fingerprint density at radius 2 is 1.34 bits per heavy atom. The number of aliphatic carboxylic acids is 1. The third-order valence-corrected chi connectivity index (χ3v) is 4.88. The van der Waals surface area contributed by atoms with Crippen molar-refractivity contribution in [3.8, 4) is 0 Å². The van der Waals surface area contributed by atoms with Crippen LogP contribution in [-0.4, -0.2) is 64.8 Å². The first kappa shape index (κ1) is 28.8. The van der Waals surface area contributed by atoms with E-state index in [-0.39, 0.29) is 31.6 Å². The van der Waals surface area contributed by atoms with E-state index >= 15 is 0 Å². The Bertz CT molecular complexity index is 714. The van der Waals surface area contributed by atoms with Gasteiger partial charge < -0.3 is 38.3 Å². The van der Waals surface area contributed by atoms with Gasteiger partial charge in [0.15, 0.2) is 0 Å². The maximum atomic E-state index is 12.6. The molecule has 0 aliphatic rings. The first-order chi connectivity index (χ1) is 14.8. The van der Waals surface area contributed by atoms with E-state index in [0.29, 0.717) is 6.42 Å². The highest BCUT2D eigenvalue weighted by Crippen LogP contribution is 2.08. The molecule has 0 aliphatic carbocycles. The molecule has 5 atom stereocenters. The molecule has 13 nitrogen and oxygen atoms in total. The average Bonchev–Trinajstić information content (AvgIpc) is 2.71. The van der Waals surface area contributed by atoms with Gasteiger partial charge in [0.25, 0.3) is 0 Å². The van der Waals surface area contributed by atoms with Crippen LogP contribution >= 0.6 is 0 Å². The lowest BCUT2D eigenvalue weighted by molar-refractivity contribution is -0.143. The molecular weight excluding hydrogens is 424 g/mol. The van der Waals surface area contributed by atoms with Crippen LogP contribution in [0.25, 0.3) is 0 Å². The minimum atomic E-state index is -1.24. The highest BCUT2D eigenvalue weighted by atomic mass is 16.4. The maximum Gasteiger partial charge on any atom is 0.326 e. The highest BCUT2D eigenvalue weighted by Gasteiger charge is 2.30. The van der Waals surface area contributed by atoms with Gasteiger partial charge in [0.1, 0.15) is 18.1 Å². The lowest BCUT2D eigenvalue weighted by atomic mass is 9.99. The SMILES string of the molecule is CCC(C)C(NC(=O)C(C)NC(=O)C(CCC(N)=O)NC(=O)C(N)CCC(N)=O)C(=O)O. The zero-order valence-electron chi connectivity index (χ0n) is 18.6. The van der Waals surface area contributed by atoms with Gasteiger partial charge in [-0.1, -0.05) is 20.3 Å². The number of nitrogens with two attached hydrogens (primary N) is 3. The molecular formula is C19H34N6O7. The summed E-state index contributed by atoms with van der Waals surface area (Å²) in [5.74, 6) is -5.18. The summed E-state index contributed by atoms with van der Waals surface area (Å²) in [6.07, 6.45) is -0.0601. The summed E-state index contributed by atoms with van der Waals surface area (Å²) in [6.45, 7) is 4.78. The Balaban J connectivity index is 5.16. The van der Waals surface area contributed by atoms with Gasteiger partial charge >= 0.3 is 5.97 Å². The molecule has 0 aromatic carbocycles. The molecule has 32 heavy (non-hydrogen) atoms. The van der Waals surface area contributed by atoms with E-state index in [2.05, 4.69) is 16.0 Å². The third-order valence-electron chi connectivity index (χ3n) is 4.88. The molecule has 5 unspecified atom stereocenters. The van der Waals surface area contributed by atoms with Gasteiger partial charge in [-0.25, -0.2) is 4.79 Å². The van der Waals surface area contributed by atoms with E-state index in [1.807, 2.05) is 0 Å². The Labute approximate surface area is 186 Å². The summed E-state index contributed by atoms with van der Waals surface area (Å²) in [5.41, 5.74) is 15.8. The summed E-state index contributed by atoms with van der Waals surface area (Å²) < 4.78 is 0. The molecule has 0 bridgehead atoms. The molecule has 0 saturated carbocycles. The molecule has 0 rings (SSSR count). The summed E-state index contributed by atoms with van der Waals surface area (Å²) in [5, 5.41) is 16.4. The molecule has 0 spiro atoms. The molecule has 0 heterocycles. The number of carboxylic acids is 1. The topological polar surface area (TPSA) is 237 Å². The Morgan fingerprint density at radius 1 is 0.812 bits per heavy atom. The van der Waals surface area contributed by atoms with Gasteiger partial charge in [-0.15, -0.1) is 0 Å². The second-order valence-electron chi connectivity index (χ2n) is 7.62. The number of carbonyl (C=O) groups excluding carboxylic acids is 5.